The Morgan fingerprint density at radius 3 is 2.18 bits per heavy atom. The number of rotatable bonds is 4. The number of benzene rings is 1. The summed E-state index contributed by atoms with van der Waals surface area (Å²) in [6.45, 7) is 12.8. The van der Waals surface area contributed by atoms with Gasteiger partial charge in [-0.15, -0.1) is 11.3 Å². The van der Waals surface area contributed by atoms with Gasteiger partial charge in [0.15, 0.2) is 0 Å². The first-order chi connectivity index (χ1) is 13.2. The third kappa shape index (κ3) is 4.39. The van der Waals surface area contributed by atoms with E-state index < -0.39 is 0 Å². The van der Waals surface area contributed by atoms with Crippen molar-refractivity contribution in [2.24, 2.45) is 17.8 Å². The van der Waals surface area contributed by atoms with E-state index in [1.807, 2.05) is 11.3 Å². The van der Waals surface area contributed by atoms with Crippen LogP contribution in [0.3, 0.4) is 0 Å². The standard InChI is InChI=1S/C26H37NS/c1-18-12-20-13-19(2)15-26(14-18,16-20)27-17-23-10-11-24(28-23)21-6-8-22(9-7-21)25(3,4)5/h6-11,18-20,27H,12-17H2,1-5H3. The smallest absolute Gasteiger partial charge is 0.0346 e. The fourth-order valence-electron chi connectivity index (χ4n) is 5.96. The van der Waals surface area contributed by atoms with Crippen molar-refractivity contribution in [3.8, 4) is 10.4 Å². The topological polar surface area (TPSA) is 12.0 Å². The fourth-order valence-corrected chi connectivity index (χ4v) is 6.91. The molecule has 1 nitrogen and oxygen atoms in total. The van der Waals surface area contributed by atoms with Gasteiger partial charge in [0.2, 0.25) is 0 Å². The van der Waals surface area contributed by atoms with E-state index in [4.69, 9.17) is 0 Å². The minimum atomic E-state index is 0.217. The predicted octanol–water partition coefficient (Wildman–Crippen LogP) is 7.41. The lowest BCUT2D eigenvalue weighted by Gasteiger charge is -2.50. The summed E-state index contributed by atoms with van der Waals surface area (Å²) in [6, 6.07) is 13.8. The van der Waals surface area contributed by atoms with Crippen LogP contribution in [0.5, 0.6) is 0 Å². The van der Waals surface area contributed by atoms with Crippen LogP contribution in [0.25, 0.3) is 10.4 Å². The summed E-state index contributed by atoms with van der Waals surface area (Å²) in [5.74, 6) is 2.69. The molecule has 2 atom stereocenters. The minimum absolute atomic E-state index is 0.217. The van der Waals surface area contributed by atoms with E-state index in [1.165, 1.54) is 53.0 Å². The van der Waals surface area contributed by atoms with Crippen molar-refractivity contribution >= 4 is 11.3 Å². The molecule has 2 saturated carbocycles. The lowest BCUT2D eigenvalue weighted by Crippen LogP contribution is -2.53. The van der Waals surface area contributed by atoms with Gasteiger partial charge in [-0.1, -0.05) is 58.9 Å². The molecule has 2 aliphatic rings. The maximum Gasteiger partial charge on any atom is 0.0346 e. The van der Waals surface area contributed by atoms with Gasteiger partial charge in [0.1, 0.15) is 0 Å². The first kappa shape index (κ1) is 20.2. The van der Waals surface area contributed by atoms with Crippen molar-refractivity contribution in [1.82, 2.24) is 5.32 Å². The molecule has 0 aliphatic heterocycles. The molecule has 0 spiro atoms. The van der Waals surface area contributed by atoms with Gasteiger partial charge in [0.25, 0.3) is 0 Å². The first-order valence-electron chi connectivity index (χ1n) is 11.2. The maximum atomic E-state index is 4.05. The number of hydrogen-bond acceptors (Lipinski definition) is 2. The summed E-state index contributed by atoms with van der Waals surface area (Å²) < 4.78 is 0. The van der Waals surface area contributed by atoms with Gasteiger partial charge in [-0.2, -0.15) is 0 Å². The summed E-state index contributed by atoms with van der Waals surface area (Å²) in [5, 5.41) is 4.05. The van der Waals surface area contributed by atoms with Gasteiger partial charge in [-0.25, -0.2) is 0 Å². The molecule has 1 aromatic heterocycles. The molecule has 2 aliphatic carbocycles. The van der Waals surface area contributed by atoms with Crippen LogP contribution in [0.1, 0.15) is 77.2 Å². The van der Waals surface area contributed by atoms with E-state index >= 15 is 0 Å². The van der Waals surface area contributed by atoms with Crippen molar-refractivity contribution in [2.45, 2.75) is 84.2 Å². The molecule has 1 N–H and O–H groups in total. The molecule has 4 rings (SSSR count). The molecule has 2 fully saturated rings. The average molecular weight is 396 g/mol. The Labute approximate surface area is 176 Å². The Hall–Kier alpha value is -1.12. The van der Waals surface area contributed by atoms with Crippen molar-refractivity contribution in [3.05, 3.63) is 46.8 Å². The van der Waals surface area contributed by atoms with Crippen molar-refractivity contribution in [2.75, 3.05) is 0 Å². The highest BCUT2D eigenvalue weighted by molar-refractivity contribution is 7.15. The molecule has 0 saturated heterocycles. The van der Waals surface area contributed by atoms with E-state index in [0.717, 1.165) is 24.3 Å². The molecule has 28 heavy (non-hydrogen) atoms. The normalized spacial score (nSPS) is 30.4. The van der Waals surface area contributed by atoms with Gasteiger partial charge >= 0.3 is 0 Å². The van der Waals surface area contributed by atoms with Gasteiger partial charge < -0.3 is 5.32 Å². The molecular weight excluding hydrogens is 358 g/mol. The lowest BCUT2D eigenvalue weighted by molar-refractivity contribution is 0.0544. The van der Waals surface area contributed by atoms with Gasteiger partial charge in [0, 0.05) is 21.8 Å². The number of hydrogen-bond donors (Lipinski definition) is 1. The Morgan fingerprint density at radius 1 is 0.929 bits per heavy atom. The lowest BCUT2D eigenvalue weighted by atomic mass is 9.61. The van der Waals surface area contributed by atoms with E-state index in [1.54, 1.807) is 0 Å². The SMILES string of the molecule is CC1CC2CC(C)CC(NCc3ccc(-c4ccc(C(C)(C)C)cc4)s3)(C1)C2. The second-order valence-corrected chi connectivity index (χ2v) is 12.1. The van der Waals surface area contributed by atoms with E-state index in [9.17, 15) is 0 Å². The minimum Gasteiger partial charge on any atom is -0.306 e. The highest BCUT2D eigenvalue weighted by atomic mass is 32.1. The van der Waals surface area contributed by atoms with Gasteiger partial charge in [-0.3, -0.25) is 0 Å². The molecule has 2 aromatic rings. The Bertz CT molecular complexity index is 775. The zero-order chi connectivity index (χ0) is 19.9. The number of fused-ring (bicyclic) bond motifs is 2. The van der Waals surface area contributed by atoms with Crippen LogP contribution in [0.2, 0.25) is 0 Å². The molecule has 2 unspecified atom stereocenters. The number of nitrogens with one attached hydrogen (secondary N) is 1. The highest BCUT2D eigenvalue weighted by Crippen LogP contribution is 2.47. The number of thiophene rings is 1. The van der Waals surface area contributed by atoms with Crippen LogP contribution in [-0.4, -0.2) is 5.54 Å². The summed E-state index contributed by atoms with van der Waals surface area (Å²) in [6.07, 6.45) is 7.01. The van der Waals surface area contributed by atoms with E-state index in [-0.39, 0.29) is 5.41 Å². The predicted molar refractivity (Wildman–Crippen MR) is 123 cm³/mol. The summed E-state index contributed by atoms with van der Waals surface area (Å²) >= 11 is 1.96. The first-order valence-corrected chi connectivity index (χ1v) is 12.0. The van der Waals surface area contributed by atoms with Crippen molar-refractivity contribution in [1.29, 1.82) is 0 Å². The molecule has 152 valence electrons. The molecule has 1 heterocycles. The monoisotopic (exact) mass is 395 g/mol. The zero-order valence-corrected chi connectivity index (χ0v) is 19.2. The maximum absolute atomic E-state index is 4.05. The second-order valence-electron chi connectivity index (χ2n) is 10.9. The summed E-state index contributed by atoms with van der Waals surface area (Å²) in [4.78, 5) is 2.86. The van der Waals surface area contributed by atoms with Crippen LogP contribution >= 0.6 is 11.3 Å². The highest BCUT2D eigenvalue weighted by Gasteiger charge is 2.43. The average Bonchev–Trinajstić information content (AvgIpc) is 3.07. The third-order valence-electron chi connectivity index (χ3n) is 6.96. The molecule has 2 heteroatoms. The van der Waals surface area contributed by atoms with Crippen molar-refractivity contribution in [3.63, 3.8) is 0 Å². The summed E-state index contributed by atoms with van der Waals surface area (Å²) in [5.41, 5.74) is 3.36. The molecular formula is C26H37NS. The molecule has 0 radical (unpaired) electrons. The Kier molecular flexibility index (Phi) is 5.48. The van der Waals surface area contributed by atoms with Crippen molar-refractivity contribution < 1.29 is 0 Å². The van der Waals surface area contributed by atoms with Crippen LogP contribution in [0.15, 0.2) is 36.4 Å². The molecule has 0 amide bonds. The van der Waals surface area contributed by atoms with E-state index in [2.05, 4.69) is 76.3 Å². The zero-order valence-electron chi connectivity index (χ0n) is 18.3. The van der Waals surface area contributed by atoms with Crippen LogP contribution in [0, 0.1) is 17.8 Å². The van der Waals surface area contributed by atoms with Gasteiger partial charge in [-0.05, 0) is 78.5 Å². The molecule has 1 aromatic carbocycles. The van der Waals surface area contributed by atoms with Crippen LogP contribution in [-0.2, 0) is 12.0 Å². The largest absolute Gasteiger partial charge is 0.306 e. The fraction of sp³-hybridized carbons (Fsp3) is 0.615. The quantitative estimate of drug-likeness (QED) is 0.568. The molecule has 2 bridgehead atoms. The van der Waals surface area contributed by atoms with Crippen LogP contribution < -0.4 is 5.32 Å². The van der Waals surface area contributed by atoms with Gasteiger partial charge in [0.05, 0.1) is 0 Å². The van der Waals surface area contributed by atoms with E-state index in [0.29, 0.717) is 5.54 Å². The Balaban J connectivity index is 1.44. The third-order valence-corrected chi connectivity index (χ3v) is 8.10. The second kappa shape index (κ2) is 7.61. The summed E-state index contributed by atoms with van der Waals surface area (Å²) in [7, 11) is 0. The Morgan fingerprint density at radius 2 is 1.57 bits per heavy atom. The van der Waals surface area contributed by atoms with Crippen LogP contribution in [0.4, 0.5) is 0 Å².